The number of nitrogen functional groups attached to an aromatic ring is 1. The summed E-state index contributed by atoms with van der Waals surface area (Å²) < 4.78 is 0. The van der Waals surface area contributed by atoms with E-state index in [0.29, 0.717) is 22.2 Å². The third-order valence-corrected chi connectivity index (χ3v) is 3.82. The number of likely N-dealkylation sites (tertiary alicyclic amines) is 1. The lowest BCUT2D eigenvalue weighted by molar-refractivity contribution is 0.0786. The van der Waals surface area contributed by atoms with Gasteiger partial charge in [-0.2, -0.15) is 0 Å². The highest BCUT2D eigenvalue weighted by Crippen LogP contribution is 2.26. The van der Waals surface area contributed by atoms with Gasteiger partial charge in [0.25, 0.3) is 5.91 Å². The highest BCUT2D eigenvalue weighted by Gasteiger charge is 2.27. The summed E-state index contributed by atoms with van der Waals surface area (Å²) in [6.07, 6.45) is 3.46. The predicted octanol–water partition coefficient (Wildman–Crippen LogP) is 3.18. The van der Waals surface area contributed by atoms with Crippen LogP contribution < -0.4 is 5.73 Å². The SMILES string of the molecule is CCCC1CCN(C(=O)c2cc(N)ccc2Cl)C1. The van der Waals surface area contributed by atoms with E-state index in [9.17, 15) is 4.79 Å². The van der Waals surface area contributed by atoms with Crippen molar-refractivity contribution in [3.63, 3.8) is 0 Å². The van der Waals surface area contributed by atoms with E-state index in [2.05, 4.69) is 6.92 Å². The summed E-state index contributed by atoms with van der Waals surface area (Å²) in [6.45, 7) is 3.85. The van der Waals surface area contributed by atoms with E-state index in [4.69, 9.17) is 17.3 Å². The second-order valence-corrected chi connectivity index (χ2v) is 5.34. The summed E-state index contributed by atoms with van der Waals surface area (Å²) in [6, 6.07) is 5.06. The molecule has 1 saturated heterocycles. The van der Waals surface area contributed by atoms with Gasteiger partial charge in [-0.15, -0.1) is 0 Å². The van der Waals surface area contributed by atoms with Crippen molar-refractivity contribution in [2.75, 3.05) is 18.8 Å². The topological polar surface area (TPSA) is 46.3 Å². The quantitative estimate of drug-likeness (QED) is 0.854. The van der Waals surface area contributed by atoms with Crippen molar-refractivity contribution < 1.29 is 4.79 Å². The average molecular weight is 267 g/mol. The zero-order valence-electron chi connectivity index (χ0n) is 10.7. The maximum absolute atomic E-state index is 12.4. The van der Waals surface area contributed by atoms with Gasteiger partial charge in [0.1, 0.15) is 0 Å². The van der Waals surface area contributed by atoms with Gasteiger partial charge in [-0.3, -0.25) is 4.79 Å². The number of hydrogen-bond donors (Lipinski definition) is 1. The highest BCUT2D eigenvalue weighted by molar-refractivity contribution is 6.34. The summed E-state index contributed by atoms with van der Waals surface area (Å²) in [4.78, 5) is 14.2. The zero-order valence-corrected chi connectivity index (χ0v) is 11.4. The Hall–Kier alpha value is -1.22. The molecule has 3 nitrogen and oxygen atoms in total. The average Bonchev–Trinajstić information content (AvgIpc) is 2.80. The number of halogens is 1. The van der Waals surface area contributed by atoms with Crippen molar-refractivity contribution in [2.45, 2.75) is 26.2 Å². The van der Waals surface area contributed by atoms with Crippen molar-refractivity contribution in [3.8, 4) is 0 Å². The van der Waals surface area contributed by atoms with E-state index < -0.39 is 0 Å². The van der Waals surface area contributed by atoms with Crippen molar-refractivity contribution in [2.24, 2.45) is 5.92 Å². The molecule has 1 aliphatic rings. The maximum atomic E-state index is 12.4. The Morgan fingerprint density at radius 3 is 3.06 bits per heavy atom. The maximum Gasteiger partial charge on any atom is 0.255 e. The molecular formula is C14H19ClN2O. The summed E-state index contributed by atoms with van der Waals surface area (Å²) >= 11 is 6.06. The fraction of sp³-hybridized carbons (Fsp3) is 0.500. The van der Waals surface area contributed by atoms with Crippen LogP contribution in [0.25, 0.3) is 0 Å². The van der Waals surface area contributed by atoms with Crippen molar-refractivity contribution in [1.82, 2.24) is 4.90 Å². The number of anilines is 1. The van der Waals surface area contributed by atoms with Crippen LogP contribution in [-0.2, 0) is 0 Å². The van der Waals surface area contributed by atoms with Gasteiger partial charge in [-0.05, 0) is 37.0 Å². The van der Waals surface area contributed by atoms with Crippen LogP contribution in [0.1, 0.15) is 36.5 Å². The Kier molecular flexibility index (Phi) is 4.12. The predicted molar refractivity (Wildman–Crippen MR) is 74.8 cm³/mol. The molecule has 98 valence electrons. The number of nitrogens with two attached hydrogens (primary N) is 1. The molecule has 1 amide bonds. The molecule has 18 heavy (non-hydrogen) atoms. The molecule has 2 rings (SSSR count). The van der Waals surface area contributed by atoms with E-state index in [1.807, 2.05) is 4.90 Å². The fourth-order valence-electron chi connectivity index (χ4n) is 2.54. The van der Waals surface area contributed by atoms with Gasteiger partial charge in [0.05, 0.1) is 10.6 Å². The molecule has 1 aliphatic heterocycles. The summed E-state index contributed by atoms with van der Waals surface area (Å²) in [5, 5.41) is 0.480. The monoisotopic (exact) mass is 266 g/mol. The van der Waals surface area contributed by atoms with Crippen LogP contribution in [0.3, 0.4) is 0 Å². The van der Waals surface area contributed by atoms with Gasteiger partial charge in [-0.25, -0.2) is 0 Å². The molecule has 1 fully saturated rings. The Morgan fingerprint density at radius 1 is 1.56 bits per heavy atom. The van der Waals surface area contributed by atoms with Crippen LogP contribution in [0.2, 0.25) is 5.02 Å². The molecule has 1 aromatic carbocycles. The molecular weight excluding hydrogens is 248 g/mol. The largest absolute Gasteiger partial charge is 0.399 e. The van der Waals surface area contributed by atoms with Crippen molar-refractivity contribution in [1.29, 1.82) is 0 Å². The number of carbonyl (C=O) groups is 1. The number of hydrogen-bond acceptors (Lipinski definition) is 2. The molecule has 1 aromatic rings. The summed E-state index contributed by atoms with van der Waals surface area (Å²) in [5.41, 5.74) is 6.81. The number of benzene rings is 1. The Balaban J connectivity index is 2.10. The third-order valence-electron chi connectivity index (χ3n) is 3.49. The second-order valence-electron chi connectivity index (χ2n) is 4.93. The van der Waals surface area contributed by atoms with Gasteiger partial charge >= 0.3 is 0 Å². The minimum Gasteiger partial charge on any atom is -0.399 e. The smallest absolute Gasteiger partial charge is 0.255 e. The molecule has 0 bridgehead atoms. The van der Waals surface area contributed by atoms with Gasteiger partial charge in [-0.1, -0.05) is 24.9 Å². The van der Waals surface area contributed by atoms with E-state index in [-0.39, 0.29) is 5.91 Å². The molecule has 1 atom stereocenters. The summed E-state index contributed by atoms with van der Waals surface area (Å²) in [5.74, 6) is 0.643. The molecule has 2 N–H and O–H groups in total. The van der Waals surface area contributed by atoms with E-state index in [1.54, 1.807) is 18.2 Å². The lowest BCUT2D eigenvalue weighted by Gasteiger charge is -2.17. The Morgan fingerprint density at radius 2 is 2.33 bits per heavy atom. The minimum absolute atomic E-state index is 0.00547. The highest BCUT2D eigenvalue weighted by atomic mass is 35.5. The number of carbonyl (C=O) groups excluding carboxylic acids is 1. The molecule has 0 saturated carbocycles. The van der Waals surface area contributed by atoms with Crippen LogP contribution in [-0.4, -0.2) is 23.9 Å². The zero-order chi connectivity index (χ0) is 13.1. The summed E-state index contributed by atoms with van der Waals surface area (Å²) in [7, 11) is 0. The normalized spacial score (nSPS) is 19.2. The molecule has 0 aromatic heterocycles. The van der Waals surface area contributed by atoms with Gasteiger partial charge < -0.3 is 10.6 Å². The van der Waals surface area contributed by atoms with Crippen molar-refractivity contribution >= 4 is 23.2 Å². The van der Waals surface area contributed by atoms with Crippen LogP contribution in [0.5, 0.6) is 0 Å². The lowest BCUT2D eigenvalue weighted by Crippen LogP contribution is -2.29. The van der Waals surface area contributed by atoms with Gasteiger partial charge in [0.2, 0.25) is 0 Å². The Bertz CT molecular complexity index is 447. The van der Waals surface area contributed by atoms with Crippen molar-refractivity contribution in [3.05, 3.63) is 28.8 Å². The second kappa shape index (κ2) is 5.61. The third kappa shape index (κ3) is 2.78. The fourth-order valence-corrected chi connectivity index (χ4v) is 2.74. The van der Waals surface area contributed by atoms with Gasteiger partial charge in [0, 0.05) is 18.8 Å². The van der Waals surface area contributed by atoms with Crippen LogP contribution in [0.15, 0.2) is 18.2 Å². The first-order valence-corrected chi connectivity index (χ1v) is 6.84. The molecule has 1 unspecified atom stereocenters. The first-order chi connectivity index (χ1) is 8.61. The van der Waals surface area contributed by atoms with E-state index in [1.165, 1.54) is 12.8 Å². The molecule has 4 heteroatoms. The lowest BCUT2D eigenvalue weighted by atomic mass is 10.0. The molecule has 0 radical (unpaired) electrons. The first-order valence-electron chi connectivity index (χ1n) is 6.46. The Labute approximate surface area is 113 Å². The number of nitrogens with zero attached hydrogens (tertiary/aromatic N) is 1. The molecule has 1 heterocycles. The number of rotatable bonds is 3. The minimum atomic E-state index is 0.00547. The first kappa shape index (κ1) is 13.2. The molecule has 0 spiro atoms. The van der Waals surface area contributed by atoms with Gasteiger partial charge in [0.15, 0.2) is 0 Å². The van der Waals surface area contributed by atoms with E-state index in [0.717, 1.165) is 19.5 Å². The van der Waals surface area contributed by atoms with Crippen LogP contribution in [0.4, 0.5) is 5.69 Å². The number of amides is 1. The molecule has 0 aliphatic carbocycles. The van der Waals surface area contributed by atoms with E-state index >= 15 is 0 Å². The standard InChI is InChI=1S/C14H19ClN2O/c1-2-3-10-6-7-17(9-10)14(18)12-8-11(16)4-5-13(12)15/h4-5,8,10H,2-3,6-7,9,16H2,1H3. The van der Waals surface area contributed by atoms with Crippen LogP contribution >= 0.6 is 11.6 Å². The van der Waals surface area contributed by atoms with Crippen LogP contribution in [0, 0.1) is 5.92 Å².